The molecule has 0 radical (unpaired) electrons. The average molecular weight is 738 g/mol. The fourth-order valence-corrected chi connectivity index (χ4v) is 9.20. The summed E-state index contributed by atoms with van der Waals surface area (Å²) in [6, 6.07) is 7.00. The average Bonchev–Trinajstić information content (AvgIpc) is 3.17. The van der Waals surface area contributed by atoms with E-state index in [1.54, 1.807) is 11.0 Å². The molecule has 4 aliphatic heterocycles. The van der Waals surface area contributed by atoms with Crippen LogP contribution in [0.4, 0.5) is 4.39 Å². The quantitative estimate of drug-likeness (QED) is 0.393. The Hall–Kier alpha value is -3.09. The zero-order valence-corrected chi connectivity index (χ0v) is 32.6. The fraction of sp³-hybridized carbons (Fsp3) is 0.756. The van der Waals surface area contributed by atoms with Crippen LogP contribution in [0.3, 0.4) is 0 Å². The first kappa shape index (κ1) is 39.6. The third kappa shape index (κ3) is 10.6. The summed E-state index contributed by atoms with van der Waals surface area (Å²) in [6.45, 7) is 13.6. The van der Waals surface area contributed by atoms with Crippen LogP contribution in [0.25, 0.3) is 0 Å². The van der Waals surface area contributed by atoms with Crippen molar-refractivity contribution < 1.29 is 23.6 Å². The molecule has 1 aromatic rings. The first-order valence-corrected chi connectivity index (χ1v) is 20.5. The predicted octanol–water partition coefficient (Wildman–Crippen LogP) is 3.45. The van der Waals surface area contributed by atoms with Gasteiger partial charge in [0, 0.05) is 83.5 Å². The lowest BCUT2D eigenvalue weighted by Crippen LogP contribution is -2.57. The van der Waals surface area contributed by atoms with Crippen LogP contribution in [0.15, 0.2) is 24.3 Å². The number of halogens is 1. The molecule has 2 atom stereocenters. The van der Waals surface area contributed by atoms with Gasteiger partial charge < -0.3 is 24.9 Å². The van der Waals surface area contributed by atoms with Gasteiger partial charge in [0.25, 0.3) is 11.8 Å². The van der Waals surface area contributed by atoms with E-state index in [9.17, 15) is 23.6 Å². The molecule has 2 unspecified atom stereocenters. The maximum absolute atomic E-state index is 14.5. The van der Waals surface area contributed by atoms with Crippen molar-refractivity contribution in [2.24, 2.45) is 11.8 Å². The number of nitrogens with zero attached hydrogens (tertiary/aromatic N) is 6. The molecule has 1 N–H and O–H groups in total. The first-order valence-electron chi connectivity index (χ1n) is 20.5. The third-order valence-corrected chi connectivity index (χ3v) is 12.6. The maximum atomic E-state index is 14.5. The number of piperazine rings is 2. The molecular weight excluding hydrogens is 673 g/mol. The number of nitrogens with one attached hydrogen (secondary N) is 1. The second kappa shape index (κ2) is 18.0. The number of carbonyl (C=O) groups excluding carboxylic acids is 4. The summed E-state index contributed by atoms with van der Waals surface area (Å²) in [4.78, 5) is 66.2. The molecule has 1 aromatic carbocycles. The minimum atomic E-state index is -1.91. The molecule has 11 nitrogen and oxygen atoms in total. The molecule has 5 fully saturated rings. The molecular formula is C41H64FN7O4. The topological polar surface area (TPSA) is 99.8 Å². The lowest BCUT2D eigenvalue weighted by molar-refractivity contribution is -0.143. The van der Waals surface area contributed by atoms with Gasteiger partial charge in [-0.3, -0.25) is 29.0 Å². The van der Waals surface area contributed by atoms with Gasteiger partial charge in [0.15, 0.2) is 5.67 Å². The maximum Gasteiger partial charge on any atom is 0.259 e. The number of likely N-dealkylation sites (N-methyl/N-ethyl adjacent to an activating group) is 1. The van der Waals surface area contributed by atoms with E-state index in [-0.39, 0.29) is 29.6 Å². The zero-order chi connectivity index (χ0) is 37.5. The number of benzene rings is 1. The van der Waals surface area contributed by atoms with Gasteiger partial charge in [0.2, 0.25) is 11.8 Å². The molecule has 0 spiro atoms. The summed E-state index contributed by atoms with van der Waals surface area (Å²) >= 11 is 0. The smallest absolute Gasteiger partial charge is 0.259 e. The lowest BCUT2D eigenvalue weighted by atomic mass is 9.83. The molecule has 4 saturated heterocycles. The van der Waals surface area contributed by atoms with Gasteiger partial charge in [-0.1, -0.05) is 31.4 Å². The molecule has 6 rings (SSSR count). The van der Waals surface area contributed by atoms with Crippen LogP contribution in [0.2, 0.25) is 0 Å². The van der Waals surface area contributed by atoms with Gasteiger partial charge in [-0.25, -0.2) is 4.39 Å². The van der Waals surface area contributed by atoms with E-state index in [4.69, 9.17) is 0 Å². The van der Waals surface area contributed by atoms with E-state index in [1.165, 1.54) is 13.8 Å². The lowest BCUT2D eigenvalue weighted by Gasteiger charge is -2.41. The number of carbonyl (C=O) groups is 4. The zero-order valence-electron chi connectivity index (χ0n) is 32.6. The molecule has 53 heavy (non-hydrogen) atoms. The van der Waals surface area contributed by atoms with Crippen molar-refractivity contribution in [3.63, 3.8) is 0 Å². The van der Waals surface area contributed by atoms with Crippen molar-refractivity contribution in [3.8, 4) is 0 Å². The Morgan fingerprint density at radius 2 is 1.45 bits per heavy atom. The molecule has 4 heterocycles. The molecule has 5 aliphatic rings. The molecule has 294 valence electrons. The highest BCUT2D eigenvalue weighted by Crippen LogP contribution is 2.31. The Labute approximate surface area is 316 Å². The minimum Gasteiger partial charge on any atom is -0.340 e. The molecule has 1 saturated carbocycles. The SMILES string of the molecule is CN1CCN(C(=O)CN2CCC(CN3CCN(C(=O)C(NC(=O)c4cccc(C5CCCN(C(=O)C(C)(C)F)C5)c4)C4CCCCC4)CC3)CC2)CC1. The second-order valence-electron chi connectivity index (χ2n) is 17.1. The Kier molecular flexibility index (Phi) is 13.5. The predicted molar refractivity (Wildman–Crippen MR) is 204 cm³/mol. The Bertz CT molecular complexity index is 1410. The van der Waals surface area contributed by atoms with Gasteiger partial charge in [0.1, 0.15) is 6.04 Å². The fourth-order valence-electron chi connectivity index (χ4n) is 9.20. The van der Waals surface area contributed by atoms with E-state index in [1.807, 2.05) is 28.0 Å². The van der Waals surface area contributed by atoms with Crippen LogP contribution in [-0.2, 0) is 14.4 Å². The number of alkyl halides is 1. The van der Waals surface area contributed by atoms with Crippen molar-refractivity contribution in [1.82, 2.24) is 34.7 Å². The number of amides is 4. The van der Waals surface area contributed by atoms with E-state index in [0.29, 0.717) is 44.2 Å². The van der Waals surface area contributed by atoms with Gasteiger partial charge >= 0.3 is 0 Å². The van der Waals surface area contributed by atoms with E-state index in [0.717, 1.165) is 122 Å². The second-order valence-corrected chi connectivity index (χ2v) is 17.1. The normalized spacial score (nSPS) is 24.2. The van der Waals surface area contributed by atoms with Crippen molar-refractivity contribution >= 4 is 23.6 Å². The third-order valence-electron chi connectivity index (χ3n) is 12.6. The summed E-state index contributed by atoms with van der Waals surface area (Å²) < 4.78 is 14.5. The van der Waals surface area contributed by atoms with Gasteiger partial charge in [-0.2, -0.15) is 0 Å². The number of hydrogen-bond acceptors (Lipinski definition) is 7. The molecule has 12 heteroatoms. The number of hydrogen-bond donors (Lipinski definition) is 1. The largest absolute Gasteiger partial charge is 0.340 e. The van der Waals surface area contributed by atoms with Gasteiger partial charge in [0.05, 0.1) is 6.54 Å². The van der Waals surface area contributed by atoms with Crippen LogP contribution < -0.4 is 5.32 Å². The highest BCUT2D eigenvalue weighted by molar-refractivity contribution is 5.98. The van der Waals surface area contributed by atoms with Crippen molar-refractivity contribution in [1.29, 1.82) is 0 Å². The number of rotatable bonds is 10. The minimum absolute atomic E-state index is 0.0267. The summed E-state index contributed by atoms with van der Waals surface area (Å²) in [7, 11) is 2.11. The molecule has 4 amide bonds. The number of piperidine rings is 2. The van der Waals surface area contributed by atoms with E-state index < -0.39 is 17.6 Å². The summed E-state index contributed by atoms with van der Waals surface area (Å²) in [5.74, 6) is 0.325. The highest BCUT2D eigenvalue weighted by Gasteiger charge is 2.37. The number of likely N-dealkylation sites (tertiary alicyclic amines) is 2. The van der Waals surface area contributed by atoms with Crippen molar-refractivity contribution in [3.05, 3.63) is 35.4 Å². The molecule has 0 aromatic heterocycles. The highest BCUT2D eigenvalue weighted by atomic mass is 19.1. The van der Waals surface area contributed by atoms with Crippen LogP contribution >= 0.6 is 0 Å². The van der Waals surface area contributed by atoms with Crippen molar-refractivity contribution in [2.45, 2.75) is 89.3 Å². The van der Waals surface area contributed by atoms with Crippen LogP contribution in [0.1, 0.15) is 93.5 Å². The van der Waals surface area contributed by atoms with Gasteiger partial charge in [-0.15, -0.1) is 0 Å². The van der Waals surface area contributed by atoms with Crippen LogP contribution in [0.5, 0.6) is 0 Å². The van der Waals surface area contributed by atoms with E-state index >= 15 is 0 Å². The summed E-state index contributed by atoms with van der Waals surface area (Å²) in [5, 5.41) is 3.20. The molecule has 0 bridgehead atoms. The van der Waals surface area contributed by atoms with Crippen LogP contribution in [-0.4, -0.2) is 163 Å². The van der Waals surface area contributed by atoms with Crippen LogP contribution in [0, 0.1) is 11.8 Å². The molecule has 1 aliphatic carbocycles. The van der Waals surface area contributed by atoms with Crippen molar-refractivity contribution in [2.75, 3.05) is 98.7 Å². The Morgan fingerprint density at radius 1 is 0.774 bits per heavy atom. The summed E-state index contributed by atoms with van der Waals surface area (Å²) in [5.41, 5.74) is -0.429. The summed E-state index contributed by atoms with van der Waals surface area (Å²) in [6.07, 6.45) is 9.03. The standard InChI is InChI=1S/C41H64FN7O4/c1-41(2,42)40(53)49-16-8-13-35(29-49)33-11-7-12-34(27-33)38(51)43-37(32-9-5-4-6-10-32)39(52)48-25-21-46(22-26-48)28-31-14-17-45(18-15-31)30-36(50)47-23-19-44(3)20-24-47/h7,11-12,27,31-32,35,37H,4-6,8-10,13-26,28-30H2,1-3H3,(H,43,51). The van der Waals surface area contributed by atoms with Gasteiger partial charge in [-0.05, 0) is 102 Å². The Balaban J connectivity index is 0.994. The monoisotopic (exact) mass is 738 g/mol. The van der Waals surface area contributed by atoms with E-state index in [2.05, 4.69) is 27.1 Å². The first-order chi connectivity index (χ1) is 25.4. The Morgan fingerprint density at radius 3 is 2.13 bits per heavy atom.